The average Bonchev–Trinajstić information content (AvgIpc) is 2.45. The molecule has 1 aliphatic rings. The second-order valence-corrected chi connectivity index (χ2v) is 6.08. The van der Waals surface area contributed by atoms with Gasteiger partial charge in [0, 0.05) is 18.8 Å². The highest BCUT2D eigenvalue weighted by Gasteiger charge is 2.25. The minimum Gasteiger partial charge on any atom is -0.393 e. The van der Waals surface area contributed by atoms with Crippen molar-refractivity contribution in [3.8, 4) is 0 Å². The van der Waals surface area contributed by atoms with Crippen LogP contribution in [0.3, 0.4) is 0 Å². The molecule has 1 amide bonds. The molecule has 0 saturated carbocycles. The van der Waals surface area contributed by atoms with Gasteiger partial charge in [-0.15, -0.1) is 0 Å². The van der Waals surface area contributed by atoms with Crippen molar-refractivity contribution in [3.63, 3.8) is 0 Å². The second kappa shape index (κ2) is 7.05. The van der Waals surface area contributed by atoms with E-state index in [1.165, 1.54) is 5.56 Å². The number of benzene rings is 1. The van der Waals surface area contributed by atoms with Crippen LogP contribution in [0.1, 0.15) is 31.4 Å². The summed E-state index contributed by atoms with van der Waals surface area (Å²) < 4.78 is 0. The smallest absolute Gasteiger partial charge is 0.238 e. The molecule has 0 aromatic heterocycles. The van der Waals surface area contributed by atoms with E-state index in [4.69, 9.17) is 0 Å². The third kappa shape index (κ3) is 4.05. The number of aryl methyl sites for hydroxylation is 2. The molecule has 0 bridgehead atoms. The van der Waals surface area contributed by atoms with E-state index in [0.717, 1.165) is 37.2 Å². The number of aliphatic hydroxyl groups is 1. The first-order valence-corrected chi connectivity index (χ1v) is 7.80. The Morgan fingerprint density at radius 1 is 1.48 bits per heavy atom. The molecule has 1 saturated heterocycles. The van der Waals surface area contributed by atoms with Crippen LogP contribution in [0.5, 0.6) is 0 Å². The van der Waals surface area contributed by atoms with Gasteiger partial charge in [-0.3, -0.25) is 9.69 Å². The lowest BCUT2D eigenvalue weighted by Crippen LogP contribution is -2.45. The van der Waals surface area contributed by atoms with E-state index in [9.17, 15) is 9.90 Å². The summed E-state index contributed by atoms with van der Waals surface area (Å²) in [6, 6.07) is 6.10. The topological polar surface area (TPSA) is 52.6 Å². The fraction of sp³-hybridized carbons (Fsp3) is 0.588. The SMILES string of the molecule is CCc1cccc(C)c1NC(=O)CN1CCC(O)C(C)C1. The number of carbonyl (C=O) groups excluding carboxylic acids is 1. The van der Waals surface area contributed by atoms with E-state index in [1.54, 1.807) is 0 Å². The molecule has 2 N–H and O–H groups in total. The van der Waals surface area contributed by atoms with Gasteiger partial charge in [-0.25, -0.2) is 0 Å². The van der Waals surface area contributed by atoms with Crippen molar-refractivity contribution in [1.82, 2.24) is 4.90 Å². The highest BCUT2D eigenvalue weighted by molar-refractivity contribution is 5.93. The van der Waals surface area contributed by atoms with Crippen molar-refractivity contribution in [2.24, 2.45) is 5.92 Å². The van der Waals surface area contributed by atoms with Crippen LogP contribution in [-0.2, 0) is 11.2 Å². The number of rotatable bonds is 4. The molecule has 0 aliphatic carbocycles. The van der Waals surface area contributed by atoms with Crippen LogP contribution in [0.15, 0.2) is 18.2 Å². The van der Waals surface area contributed by atoms with Crippen molar-refractivity contribution in [3.05, 3.63) is 29.3 Å². The number of hydrogen-bond acceptors (Lipinski definition) is 3. The van der Waals surface area contributed by atoms with E-state index in [1.807, 2.05) is 26.0 Å². The van der Waals surface area contributed by atoms with Crippen molar-refractivity contribution in [1.29, 1.82) is 0 Å². The van der Waals surface area contributed by atoms with Gasteiger partial charge in [0.2, 0.25) is 5.91 Å². The van der Waals surface area contributed by atoms with E-state index < -0.39 is 0 Å². The maximum atomic E-state index is 12.3. The summed E-state index contributed by atoms with van der Waals surface area (Å²) in [6.45, 7) is 8.11. The van der Waals surface area contributed by atoms with Crippen LogP contribution in [-0.4, -0.2) is 41.7 Å². The predicted octanol–water partition coefficient (Wildman–Crippen LogP) is 2.20. The van der Waals surface area contributed by atoms with E-state index in [-0.39, 0.29) is 17.9 Å². The van der Waals surface area contributed by atoms with Gasteiger partial charge in [-0.2, -0.15) is 0 Å². The first kappa shape index (κ1) is 16.0. The van der Waals surface area contributed by atoms with E-state index in [2.05, 4.69) is 23.2 Å². The van der Waals surface area contributed by atoms with Gasteiger partial charge in [0.15, 0.2) is 0 Å². The Kier molecular flexibility index (Phi) is 5.37. The lowest BCUT2D eigenvalue weighted by atomic mass is 9.97. The first-order valence-electron chi connectivity index (χ1n) is 7.80. The molecule has 116 valence electrons. The summed E-state index contributed by atoms with van der Waals surface area (Å²) in [4.78, 5) is 14.4. The van der Waals surface area contributed by atoms with Crippen LogP contribution in [0.4, 0.5) is 5.69 Å². The molecule has 4 heteroatoms. The number of carbonyl (C=O) groups is 1. The van der Waals surface area contributed by atoms with E-state index in [0.29, 0.717) is 6.54 Å². The summed E-state index contributed by atoms with van der Waals surface area (Å²) in [5.74, 6) is 0.263. The lowest BCUT2D eigenvalue weighted by molar-refractivity contribution is -0.118. The summed E-state index contributed by atoms with van der Waals surface area (Å²) in [6.07, 6.45) is 1.43. The molecule has 0 radical (unpaired) electrons. The summed E-state index contributed by atoms with van der Waals surface area (Å²) >= 11 is 0. The van der Waals surface area contributed by atoms with Gasteiger partial charge in [0.1, 0.15) is 0 Å². The molecular weight excluding hydrogens is 264 g/mol. The van der Waals surface area contributed by atoms with Gasteiger partial charge in [-0.1, -0.05) is 32.0 Å². The maximum absolute atomic E-state index is 12.3. The fourth-order valence-electron chi connectivity index (χ4n) is 2.95. The molecule has 21 heavy (non-hydrogen) atoms. The lowest BCUT2D eigenvalue weighted by Gasteiger charge is -2.33. The van der Waals surface area contributed by atoms with Gasteiger partial charge in [0.25, 0.3) is 0 Å². The normalized spacial score (nSPS) is 23.0. The first-order chi connectivity index (χ1) is 10.0. The Morgan fingerprint density at radius 3 is 2.90 bits per heavy atom. The zero-order valence-electron chi connectivity index (χ0n) is 13.2. The van der Waals surface area contributed by atoms with Crippen LogP contribution in [0, 0.1) is 12.8 Å². The highest BCUT2D eigenvalue weighted by atomic mass is 16.3. The molecule has 1 heterocycles. The predicted molar refractivity (Wildman–Crippen MR) is 85.4 cm³/mol. The number of likely N-dealkylation sites (tertiary alicyclic amines) is 1. The van der Waals surface area contributed by atoms with E-state index >= 15 is 0 Å². The molecule has 1 aliphatic heterocycles. The summed E-state index contributed by atoms with van der Waals surface area (Å²) in [5, 5.41) is 12.8. The number of amides is 1. The molecule has 1 fully saturated rings. The number of nitrogens with zero attached hydrogens (tertiary/aromatic N) is 1. The Hall–Kier alpha value is -1.39. The Labute approximate surface area is 127 Å². The van der Waals surface area contributed by atoms with Crippen LogP contribution < -0.4 is 5.32 Å². The molecule has 0 spiro atoms. The van der Waals surface area contributed by atoms with Crippen LogP contribution in [0.25, 0.3) is 0 Å². The van der Waals surface area contributed by atoms with Crippen LogP contribution in [0.2, 0.25) is 0 Å². The van der Waals surface area contributed by atoms with Crippen molar-refractivity contribution in [2.45, 2.75) is 39.7 Å². The van der Waals surface area contributed by atoms with Gasteiger partial charge >= 0.3 is 0 Å². The number of para-hydroxylation sites is 1. The fourth-order valence-corrected chi connectivity index (χ4v) is 2.95. The monoisotopic (exact) mass is 290 g/mol. The Morgan fingerprint density at radius 2 is 2.24 bits per heavy atom. The quantitative estimate of drug-likeness (QED) is 0.894. The van der Waals surface area contributed by atoms with Crippen molar-refractivity contribution < 1.29 is 9.90 Å². The molecular formula is C17H26N2O2. The van der Waals surface area contributed by atoms with Gasteiger partial charge in [0.05, 0.1) is 12.6 Å². The molecule has 4 nitrogen and oxygen atoms in total. The molecule has 1 aromatic carbocycles. The second-order valence-electron chi connectivity index (χ2n) is 6.08. The average molecular weight is 290 g/mol. The number of anilines is 1. The number of hydrogen-bond donors (Lipinski definition) is 2. The minimum absolute atomic E-state index is 0.0302. The number of nitrogens with one attached hydrogen (secondary N) is 1. The molecule has 2 unspecified atom stereocenters. The van der Waals surface area contributed by atoms with Crippen molar-refractivity contribution >= 4 is 11.6 Å². The molecule has 2 atom stereocenters. The number of piperidine rings is 1. The third-order valence-corrected chi connectivity index (χ3v) is 4.32. The zero-order valence-corrected chi connectivity index (χ0v) is 13.2. The number of aliphatic hydroxyl groups excluding tert-OH is 1. The third-order valence-electron chi connectivity index (χ3n) is 4.32. The van der Waals surface area contributed by atoms with Crippen LogP contribution >= 0.6 is 0 Å². The minimum atomic E-state index is -0.229. The highest BCUT2D eigenvalue weighted by Crippen LogP contribution is 2.21. The Balaban J connectivity index is 1.96. The zero-order chi connectivity index (χ0) is 15.4. The molecule has 2 rings (SSSR count). The standard InChI is InChI=1S/C17H26N2O2/c1-4-14-7-5-6-12(2)17(14)18-16(21)11-19-9-8-15(20)13(3)10-19/h5-7,13,15,20H,4,8-11H2,1-3H3,(H,18,21). The molecule has 1 aromatic rings. The van der Waals surface area contributed by atoms with Gasteiger partial charge < -0.3 is 10.4 Å². The maximum Gasteiger partial charge on any atom is 0.238 e. The Bertz CT molecular complexity index is 502. The van der Waals surface area contributed by atoms with Gasteiger partial charge in [-0.05, 0) is 36.8 Å². The summed E-state index contributed by atoms with van der Waals surface area (Å²) in [5.41, 5.74) is 3.23. The van der Waals surface area contributed by atoms with Crippen molar-refractivity contribution in [2.75, 3.05) is 25.0 Å². The largest absolute Gasteiger partial charge is 0.393 e. The summed E-state index contributed by atoms with van der Waals surface area (Å²) in [7, 11) is 0.